The number of carboxylic acid groups (broad SMARTS) is 1. The lowest BCUT2D eigenvalue weighted by Crippen LogP contribution is -2.07. The van der Waals surface area contributed by atoms with Gasteiger partial charge in [-0.05, 0) is 20.8 Å². The van der Waals surface area contributed by atoms with Crippen molar-refractivity contribution >= 4 is 5.97 Å². The summed E-state index contributed by atoms with van der Waals surface area (Å²) < 4.78 is 6.95. The lowest BCUT2D eigenvalue weighted by molar-refractivity contribution is 0.0632. The topological polar surface area (TPSA) is 64.4 Å². The van der Waals surface area contributed by atoms with Gasteiger partial charge in [-0.25, -0.2) is 9.78 Å². The molecule has 0 aliphatic heterocycles. The van der Waals surface area contributed by atoms with Crippen molar-refractivity contribution in [1.82, 2.24) is 9.55 Å². The van der Waals surface area contributed by atoms with Crippen molar-refractivity contribution in [2.24, 2.45) is 0 Å². The van der Waals surface area contributed by atoms with Crippen LogP contribution in [-0.2, 0) is 17.9 Å². The van der Waals surface area contributed by atoms with E-state index in [0.717, 1.165) is 0 Å². The molecule has 0 fully saturated rings. The van der Waals surface area contributed by atoms with Crippen LogP contribution in [0.1, 0.15) is 37.1 Å². The summed E-state index contributed by atoms with van der Waals surface area (Å²) in [5, 5.41) is 8.86. The van der Waals surface area contributed by atoms with Gasteiger partial charge in [0, 0.05) is 12.7 Å². The molecule has 0 atom stereocenters. The summed E-state index contributed by atoms with van der Waals surface area (Å²) in [6, 6.07) is 0. The zero-order valence-electron chi connectivity index (χ0n) is 9.23. The molecule has 1 N–H and O–H groups in total. The first kappa shape index (κ1) is 11.7. The predicted octanol–water partition coefficient (Wildman–Crippen LogP) is 1.53. The van der Waals surface area contributed by atoms with E-state index in [9.17, 15) is 4.79 Å². The van der Waals surface area contributed by atoms with Gasteiger partial charge in [-0.15, -0.1) is 0 Å². The van der Waals surface area contributed by atoms with Crippen LogP contribution in [0.4, 0.5) is 0 Å². The monoisotopic (exact) mass is 212 g/mol. The van der Waals surface area contributed by atoms with Crippen LogP contribution in [0.15, 0.2) is 6.20 Å². The van der Waals surface area contributed by atoms with Crippen LogP contribution in [-0.4, -0.2) is 26.7 Å². The minimum Gasteiger partial charge on any atom is -0.475 e. The zero-order valence-corrected chi connectivity index (χ0v) is 9.23. The van der Waals surface area contributed by atoms with E-state index in [0.29, 0.717) is 18.8 Å². The maximum absolute atomic E-state index is 10.8. The first-order valence-electron chi connectivity index (χ1n) is 4.95. The summed E-state index contributed by atoms with van der Waals surface area (Å²) in [6.45, 7) is 6.67. The van der Waals surface area contributed by atoms with E-state index in [1.54, 1.807) is 10.8 Å². The van der Waals surface area contributed by atoms with Gasteiger partial charge in [0.1, 0.15) is 0 Å². The largest absolute Gasteiger partial charge is 0.475 e. The van der Waals surface area contributed by atoms with Crippen molar-refractivity contribution in [1.29, 1.82) is 0 Å². The Morgan fingerprint density at radius 2 is 2.33 bits per heavy atom. The van der Waals surface area contributed by atoms with E-state index in [2.05, 4.69) is 4.98 Å². The summed E-state index contributed by atoms with van der Waals surface area (Å²) >= 11 is 0. The smallest absolute Gasteiger partial charge is 0.372 e. The lowest BCUT2D eigenvalue weighted by Gasteiger charge is -2.03. The number of aromatic carboxylic acids is 1. The molecule has 0 aromatic carbocycles. The van der Waals surface area contributed by atoms with Crippen LogP contribution in [0.25, 0.3) is 0 Å². The zero-order chi connectivity index (χ0) is 11.4. The van der Waals surface area contributed by atoms with Crippen LogP contribution >= 0.6 is 0 Å². The average molecular weight is 212 g/mol. The van der Waals surface area contributed by atoms with Crippen LogP contribution in [0, 0.1) is 0 Å². The molecule has 0 bridgehead atoms. The summed E-state index contributed by atoms with van der Waals surface area (Å²) in [5.41, 5.74) is 0.656. The van der Waals surface area contributed by atoms with Crippen molar-refractivity contribution in [3.63, 3.8) is 0 Å². The summed E-state index contributed by atoms with van der Waals surface area (Å²) in [6.07, 6.45) is 1.83. The number of rotatable bonds is 5. The second-order valence-corrected chi connectivity index (χ2v) is 3.51. The fraction of sp³-hybridized carbons (Fsp3) is 0.600. The first-order valence-corrected chi connectivity index (χ1v) is 4.95. The molecule has 15 heavy (non-hydrogen) atoms. The fourth-order valence-corrected chi connectivity index (χ4v) is 1.20. The van der Waals surface area contributed by atoms with Crippen molar-refractivity contribution in [3.8, 4) is 0 Å². The van der Waals surface area contributed by atoms with Gasteiger partial charge in [0.2, 0.25) is 5.82 Å². The Bertz CT molecular complexity index is 344. The van der Waals surface area contributed by atoms with Crippen molar-refractivity contribution < 1.29 is 14.6 Å². The van der Waals surface area contributed by atoms with Crippen molar-refractivity contribution in [2.75, 3.05) is 0 Å². The molecule has 0 aliphatic carbocycles. The molecule has 0 aliphatic rings. The second kappa shape index (κ2) is 4.93. The summed E-state index contributed by atoms with van der Waals surface area (Å²) in [5.74, 6) is -0.937. The summed E-state index contributed by atoms with van der Waals surface area (Å²) in [4.78, 5) is 14.8. The maximum atomic E-state index is 10.8. The Morgan fingerprint density at radius 3 is 2.73 bits per heavy atom. The SMILES string of the molecule is CCn1cc(COC(C)C)nc1C(=O)O. The molecule has 0 amide bonds. The van der Waals surface area contributed by atoms with Crippen LogP contribution in [0.5, 0.6) is 0 Å². The molecule has 0 radical (unpaired) electrons. The Labute approximate surface area is 88.7 Å². The summed E-state index contributed by atoms with van der Waals surface area (Å²) in [7, 11) is 0. The quantitative estimate of drug-likeness (QED) is 0.803. The van der Waals surface area contributed by atoms with Gasteiger partial charge in [-0.3, -0.25) is 0 Å². The van der Waals surface area contributed by atoms with E-state index < -0.39 is 5.97 Å². The standard InChI is InChI=1S/C10H16N2O3/c1-4-12-5-8(6-15-7(2)3)11-9(12)10(13)14/h5,7H,4,6H2,1-3H3,(H,13,14). The number of hydrogen-bond donors (Lipinski definition) is 1. The third-order valence-electron chi connectivity index (χ3n) is 1.92. The maximum Gasteiger partial charge on any atom is 0.372 e. The number of aryl methyl sites for hydroxylation is 1. The predicted molar refractivity (Wildman–Crippen MR) is 54.8 cm³/mol. The molecular formula is C10H16N2O3. The molecule has 0 spiro atoms. The van der Waals surface area contributed by atoms with Gasteiger partial charge in [-0.2, -0.15) is 0 Å². The molecule has 0 saturated carbocycles. The number of ether oxygens (including phenoxy) is 1. The highest BCUT2D eigenvalue weighted by atomic mass is 16.5. The highest BCUT2D eigenvalue weighted by Gasteiger charge is 2.13. The molecule has 1 heterocycles. The van der Waals surface area contributed by atoms with E-state index >= 15 is 0 Å². The number of hydrogen-bond acceptors (Lipinski definition) is 3. The van der Waals surface area contributed by atoms with Crippen LogP contribution in [0.2, 0.25) is 0 Å². The Hall–Kier alpha value is -1.36. The van der Waals surface area contributed by atoms with E-state index in [4.69, 9.17) is 9.84 Å². The number of nitrogens with zero attached hydrogens (tertiary/aromatic N) is 2. The number of carbonyl (C=O) groups is 1. The molecular weight excluding hydrogens is 196 g/mol. The first-order chi connectivity index (χ1) is 7.04. The Morgan fingerprint density at radius 1 is 1.67 bits per heavy atom. The van der Waals surface area contributed by atoms with Gasteiger partial charge in [0.25, 0.3) is 0 Å². The third kappa shape index (κ3) is 3.06. The molecule has 1 rings (SSSR count). The van der Waals surface area contributed by atoms with E-state index in [-0.39, 0.29) is 11.9 Å². The van der Waals surface area contributed by atoms with Gasteiger partial charge >= 0.3 is 5.97 Å². The third-order valence-corrected chi connectivity index (χ3v) is 1.92. The lowest BCUT2D eigenvalue weighted by atomic mass is 10.4. The molecule has 5 heteroatoms. The minimum atomic E-state index is -1.01. The van der Waals surface area contributed by atoms with E-state index in [1.165, 1.54) is 0 Å². The molecule has 5 nitrogen and oxygen atoms in total. The highest BCUT2D eigenvalue weighted by Crippen LogP contribution is 2.06. The Kier molecular flexibility index (Phi) is 3.85. The van der Waals surface area contributed by atoms with Gasteiger partial charge < -0.3 is 14.4 Å². The minimum absolute atomic E-state index is 0.0693. The normalized spacial score (nSPS) is 10.9. The van der Waals surface area contributed by atoms with Gasteiger partial charge in [-0.1, -0.05) is 0 Å². The van der Waals surface area contributed by atoms with Gasteiger partial charge in [0.05, 0.1) is 18.4 Å². The second-order valence-electron chi connectivity index (χ2n) is 3.51. The number of imidazole rings is 1. The van der Waals surface area contributed by atoms with Crippen LogP contribution in [0.3, 0.4) is 0 Å². The van der Waals surface area contributed by atoms with Gasteiger partial charge in [0.15, 0.2) is 0 Å². The molecule has 0 saturated heterocycles. The fourth-order valence-electron chi connectivity index (χ4n) is 1.20. The van der Waals surface area contributed by atoms with Crippen molar-refractivity contribution in [2.45, 2.75) is 40.0 Å². The average Bonchev–Trinajstić information content (AvgIpc) is 2.57. The van der Waals surface area contributed by atoms with Crippen LogP contribution < -0.4 is 0 Å². The van der Waals surface area contributed by atoms with E-state index in [1.807, 2.05) is 20.8 Å². The number of aromatic nitrogens is 2. The molecule has 84 valence electrons. The van der Waals surface area contributed by atoms with Crippen molar-refractivity contribution in [3.05, 3.63) is 17.7 Å². The molecule has 1 aromatic rings. The highest BCUT2D eigenvalue weighted by molar-refractivity contribution is 5.83. The molecule has 0 unspecified atom stereocenters. The molecule has 1 aromatic heterocycles. The number of carboxylic acids is 1. The Balaban J connectivity index is 2.78.